The number of hydroxylamine groups is 2. The van der Waals surface area contributed by atoms with Gasteiger partial charge in [0, 0.05) is 19.4 Å². The van der Waals surface area contributed by atoms with Gasteiger partial charge in [-0.3, -0.25) is 9.63 Å². The number of alkyl carbamates (subject to hydrolysis) is 1. The number of benzene rings is 4. The average molecular weight is 481 g/mol. The van der Waals surface area contributed by atoms with Gasteiger partial charge in [-0.05, 0) is 38.6 Å². The summed E-state index contributed by atoms with van der Waals surface area (Å²) in [7, 11) is 2.94. The fourth-order valence-corrected chi connectivity index (χ4v) is 4.89. The maximum atomic E-state index is 13.0. The van der Waals surface area contributed by atoms with Gasteiger partial charge in [-0.25, -0.2) is 9.86 Å². The predicted octanol–water partition coefficient (Wildman–Crippen LogP) is 5.31. The number of carbonyl (C=O) groups is 2. The molecule has 6 heteroatoms. The first-order valence-electron chi connectivity index (χ1n) is 12.0. The smallest absolute Gasteiger partial charge is 0.407 e. The van der Waals surface area contributed by atoms with Crippen molar-refractivity contribution in [1.29, 1.82) is 0 Å². The number of ether oxygens (including phenoxy) is 1. The van der Waals surface area contributed by atoms with Crippen LogP contribution in [0.15, 0.2) is 91.0 Å². The molecule has 1 aliphatic rings. The Morgan fingerprint density at radius 2 is 1.47 bits per heavy atom. The Hall–Kier alpha value is -4.16. The minimum absolute atomic E-state index is 0.0561. The molecule has 4 aromatic rings. The van der Waals surface area contributed by atoms with Gasteiger partial charge < -0.3 is 10.1 Å². The van der Waals surface area contributed by atoms with Gasteiger partial charge in [-0.1, -0.05) is 91.0 Å². The number of hydrogen-bond donors (Lipinski definition) is 1. The molecular weight excluding hydrogens is 452 g/mol. The highest BCUT2D eigenvalue weighted by atomic mass is 16.7. The van der Waals surface area contributed by atoms with Crippen LogP contribution in [0, 0.1) is 0 Å². The number of nitrogens with one attached hydrogen (secondary N) is 1. The van der Waals surface area contributed by atoms with Crippen molar-refractivity contribution >= 4 is 22.8 Å². The van der Waals surface area contributed by atoms with Crippen LogP contribution >= 0.6 is 0 Å². The highest BCUT2D eigenvalue weighted by molar-refractivity contribution is 5.86. The largest absolute Gasteiger partial charge is 0.449 e. The van der Waals surface area contributed by atoms with Gasteiger partial charge in [0.2, 0.25) is 0 Å². The number of amides is 2. The SMILES string of the molecule is CON(C)C(=O)[C@@H](Cc1ccc2ccccc2c1)NC(=O)OCC1c2ccccc2-c2ccccc21. The minimum Gasteiger partial charge on any atom is -0.449 e. The van der Waals surface area contributed by atoms with Crippen LogP contribution in [-0.2, 0) is 20.8 Å². The molecule has 0 bridgehead atoms. The van der Waals surface area contributed by atoms with Crippen LogP contribution < -0.4 is 5.32 Å². The first-order valence-corrected chi connectivity index (χ1v) is 12.0. The van der Waals surface area contributed by atoms with Gasteiger partial charge in [0.05, 0.1) is 7.11 Å². The summed E-state index contributed by atoms with van der Waals surface area (Å²) < 4.78 is 5.68. The predicted molar refractivity (Wildman–Crippen MR) is 139 cm³/mol. The van der Waals surface area contributed by atoms with Gasteiger partial charge in [0.1, 0.15) is 12.6 Å². The Bertz CT molecular complexity index is 1370. The summed E-state index contributed by atoms with van der Waals surface area (Å²) in [6, 6.07) is 29.5. The minimum atomic E-state index is -0.841. The second-order valence-electron chi connectivity index (χ2n) is 8.93. The zero-order chi connectivity index (χ0) is 25.1. The molecule has 182 valence electrons. The van der Waals surface area contributed by atoms with E-state index in [0.717, 1.165) is 43.7 Å². The summed E-state index contributed by atoms with van der Waals surface area (Å²) in [6.45, 7) is 0.177. The van der Waals surface area contributed by atoms with Crippen LogP contribution in [0.2, 0.25) is 0 Å². The van der Waals surface area contributed by atoms with Crippen molar-refractivity contribution in [2.45, 2.75) is 18.4 Å². The van der Waals surface area contributed by atoms with E-state index in [1.165, 1.54) is 14.2 Å². The molecule has 0 heterocycles. The number of carbonyl (C=O) groups excluding carboxylic acids is 2. The average Bonchev–Trinajstić information content (AvgIpc) is 3.24. The van der Waals surface area contributed by atoms with Crippen LogP contribution in [0.5, 0.6) is 0 Å². The summed E-state index contributed by atoms with van der Waals surface area (Å²) in [4.78, 5) is 31.0. The zero-order valence-electron chi connectivity index (χ0n) is 20.3. The van der Waals surface area contributed by atoms with Gasteiger partial charge in [-0.2, -0.15) is 0 Å². The molecule has 36 heavy (non-hydrogen) atoms. The van der Waals surface area contributed by atoms with Crippen molar-refractivity contribution in [1.82, 2.24) is 10.4 Å². The molecule has 0 aromatic heterocycles. The van der Waals surface area contributed by atoms with Crippen LogP contribution in [-0.4, -0.2) is 43.9 Å². The molecule has 0 saturated carbocycles. The van der Waals surface area contributed by atoms with E-state index in [4.69, 9.17) is 9.57 Å². The lowest BCUT2D eigenvalue weighted by atomic mass is 9.98. The normalized spacial score (nSPS) is 13.1. The number of nitrogens with zero attached hydrogens (tertiary/aromatic N) is 1. The molecule has 6 nitrogen and oxygen atoms in total. The molecule has 1 N–H and O–H groups in total. The van der Waals surface area contributed by atoms with E-state index in [0.29, 0.717) is 6.42 Å². The van der Waals surface area contributed by atoms with E-state index in [2.05, 4.69) is 29.6 Å². The summed E-state index contributed by atoms with van der Waals surface area (Å²) in [5.41, 5.74) is 5.51. The lowest BCUT2D eigenvalue weighted by molar-refractivity contribution is -0.170. The summed E-state index contributed by atoms with van der Waals surface area (Å²) in [6.07, 6.45) is -0.331. The number of fused-ring (bicyclic) bond motifs is 4. The fourth-order valence-electron chi connectivity index (χ4n) is 4.89. The van der Waals surface area contributed by atoms with Gasteiger partial charge in [-0.15, -0.1) is 0 Å². The molecule has 2 amide bonds. The molecule has 5 rings (SSSR count). The van der Waals surface area contributed by atoms with Gasteiger partial charge in [0.15, 0.2) is 0 Å². The van der Waals surface area contributed by atoms with Gasteiger partial charge >= 0.3 is 6.09 Å². The molecule has 1 aliphatic carbocycles. The van der Waals surface area contributed by atoms with E-state index >= 15 is 0 Å². The van der Waals surface area contributed by atoms with E-state index < -0.39 is 12.1 Å². The molecule has 0 fully saturated rings. The standard InChI is InChI=1S/C30H28N2O4/c1-32(35-2)29(33)28(18-20-15-16-21-9-3-4-10-22(21)17-20)31-30(34)36-19-27-25-13-7-5-11-23(25)24-12-6-8-14-26(24)27/h3-17,27-28H,18-19H2,1-2H3,(H,31,34)/t28-/m1/s1. The second kappa shape index (κ2) is 10.2. The van der Waals surface area contributed by atoms with Crippen LogP contribution in [0.4, 0.5) is 4.79 Å². The zero-order valence-corrected chi connectivity index (χ0v) is 20.3. The van der Waals surface area contributed by atoms with Crippen molar-refractivity contribution in [3.8, 4) is 11.1 Å². The summed E-state index contributed by atoms with van der Waals surface area (Å²) >= 11 is 0. The second-order valence-corrected chi connectivity index (χ2v) is 8.93. The number of likely N-dealkylation sites (N-methyl/N-ethyl adjacent to an activating group) is 1. The first-order chi connectivity index (χ1) is 17.5. The maximum Gasteiger partial charge on any atom is 0.407 e. The molecule has 0 radical (unpaired) electrons. The third-order valence-corrected chi connectivity index (χ3v) is 6.77. The van der Waals surface area contributed by atoms with Crippen molar-refractivity contribution in [3.05, 3.63) is 108 Å². The molecule has 4 aromatic carbocycles. The molecule has 0 unspecified atom stereocenters. The van der Waals surface area contributed by atoms with Crippen molar-refractivity contribution in [3.63, 3.8) is 0 Å². The first kappa shape index (κ1) is 23.6. The lowest BCUT2D eigenvalue weighted by Crippen LogP contribution is -2.48. The van der Waals surface area contributed by atoms with Crippen LogP contribution in [0.3, 0.4) is 0 Å². The third-order valence-electron chi connectivity index (χ3n) is 6.77. The summed E-state index contributed by atoms with van der Waals surface area (Å²) in [5, 5.41) is 6.07. The Labute approximate surface area is 210 Å². The van der Waals surface area contributed by atoms with Crippen LogP contribution in [0.25, 0.3) is 21.9 Å². The molecule has 0 spiro atoms. The van der Waals surface area contributed by atoms with E-state index in [9.17, 15) is 9.59 Å². The topological polar surface area (TPSA) is 67.9 Å². The molecule has 0 saturated heterocycles. The Morgan fingerprint density at radius 3 is 2.14 bits per heavy atom. The van der Waals surface area contributed by atoms with Crippen molar-refractivity contribution < 1.29 is 19.2 Å². The number of hydrogen-bond acceptors (Lipinski definition) is 4. The third kappa shape index (κ3) is 4.68. The Balaban J connectivity index is 1.31. The lowest BCUT2D eigenvalue weighted by Gasteiger charge is -2.23. The quantitative estimate of drug-likeness (QED) is 0.364. The van der Waals surface area contributed by atoms with Crippen LogP contribution in [0.1, 0.15) is 22.6 Å². The Kier molecular flexibility index (Phi) is 6.69. The van der Waals surface area contributed by atoms with E-state index in [1.54, 1.807) is 0 Å². The summed E-state index contributed by atoms with van der Waals surface area (Å²) in [5.74, 6) is -0.418. The van der Waals surface area contributed by atoms with Gasteiger partial charge in [0.25, 0.3) is 5.91 Å². The highest BCUT2D eigenvalue weighted by Crippen LogP contribution is 2.44. The van der Waals surface area contributed by atoms with Crippen molar-refractivity contribution in [2.24, 2.45) is 0 Å². The number of rotatable bonds is 7. The maximum absolute atomic E-state index is 13.0. The molecule has 0 aliphatic heterocycles. The molecular formula is C30H28N2O4. The Morgan fingerprint density at radius 1 is 0.861 bits per heavy atom. The highest BCUT2D eigenvalue weighted by Gasteiger charge is 2.30. The van der Waals surface area contributed by atoms with E-state index in [-0.39, 0.29) is 18.4 Å². The van der Waals surface area contributed by atoms with Crippen molar-refractivity contribution in [2.75, 3.05) is 20.8 Å². The fraction of sp³-hybridized carbons (Fsp3) is 0.200. The molecule has 1 atom stereocenters. The monoisotopic (exact) mass is 480 g/mol. The van der Waals surface area contributed by atoms with E-state index in [1.807, 2.05) is 66.7 Å².